The average molecular weight is 493 g/mol. The molecule has 8 heteroatoms. The zero-order valence-corrected chi connectivity index (χ0v) is 19.9. The van der Waals surface area contributed by atoms with E-state index >= 15 is 0 Å². The van der Waals surface area contributed by atoms with Crippen molar-refractivity contribution >= 4 is 23.9 Å². The average Bonchev–Trinajstić information content (AvgIpc) is 2.92. The van der Waals surface area contributed by atoms with E-state index in [4.69, 9.17) is 18.9 Å². The van der Waals surface area contributed by atoms with Crippen molar-refractivity contribution in [2.24, 2.45) is 0 Å². The summed E-state index contributed by atoms with van der Waals surface area (Å²) in [5.41, 5.74) is 1.34. The number of benzene rings is 2. The zero-order chi connectivity index (χ0) is 26.8. The predicted octanol–water partition coefficient (Wildman–Crippen LogP) is 4.74. The molecular formula is C28H28O8. The van der Waals surface area contributed by atoms with Gasteiger partial charge in [0.05, 0.1) is 22.3 Å². The molecule has 0 unspecified atom stereocenters. The van der Waals surface area contributed by atoms with E-state index < -0.39 is 23.9 Å². The second kappa shape index (κ2) is 16.8. The first kappa shape index (κ1) is 29.3. The molecule has 36 heavy (non-hydrogen) atoms. The summed E-state index contributed by atoms with van der Waals surface area (Å²) >= 11 is 0. The molecule has 2 aromatic rings. The van der Waals surface area contributed by atoms with Crippen LogP contribution < -0.4 is 0 Å². The lowest BCUT2D eigenvalue weighted by atomic mass is 10.1. The van der Waals surface area contributed by atoms with Crippen LogP contribution in [0.15, 0.2) is 99.2 Å². The highest BCUT2D eigenvalue weighted by molar-refractivity contribution is 5.95. The molecule has 0 aliphatic heterocycles. The van der Waals surface area contributed by atoms with Crippen LogP contribution in [0, 0.1) is 0 Å². The molecular weight excluding hydrogens is 464 g/mol. The van der Waals surface area contributed by atoms with Crippen LogP contribution in [0.25, 0.3) is 0 Å². The van der Waals surface area contributed by atoms with Gasteiger partial charge in [0.15, 0.2) is 0 Å². The summed E-state index contributed by atoms with van der Waals surface area (Å²) in [5.74, 6) is -1.93. The Morgan fingerprint density at radius 1 is 0.500 bits per heavy atom. The summed E-state index contributed by atoms with van der Waals surface area (Å²) in [6.07, 6.45) is 5.91. The van der Waals surface area contributed by atoms with Crippen LogP contribution in [0.2, 0.25) is 0 Å². The Labute approximate surface area is 210 Å². The van der Waals surface area contributed by atoms with Crippen molar-refractivity contribution in [1.82, 2.24) is 0 Å². The van der Waals surface area contributed by atoms with Crippen LogP contribution in [0.5, 0.6) is 0 Å². The summed E-state index contributed by atoms with van der Waals surface area (Å²) in [7, 11) is 0. The number of hydrogen-bond donors (Lipinski definition) is 0. The summed E-state index contributed by atoms with van der Waals surface area (Å²) in [4.78, 5) is 46.0. The van der Waals surface area contributed by atoms with Crippen molar-refractivity contribution in [2.45, 2.75) is 0 Å². The molecule has 0 saturated carbocycles. The first-order valence-corrected chi connectivity index (χ1v) is 10.7. The van der Waals surface area contributed by atoms with Crippen molar-refractivity contribution < 1.29 is 38.1 Å². The molecule has 188 valence electrons. The Hall–Kier alpha value is -4.72. The van der Waals surface area contributed by atoms with Gasteiger partial charge in [0.25, 0.3) is 0 Å². The molecule has 0 saturated heterocycles. The maximum absolute atomic E-state index is 11.6. The molecule has 0 fully saturated rings. The third-order valence-corrected chi connectivity index (χ3v) is 4.02. The zero-order valence-electron chi connectivity index (χ0n) is 19.9. The third-order valence-electron chi connectivity index (χ3n) is 4.02. The van der Waals surface area contributed by atoms with Gasteiger partial charge in [-0.05, 0) is 42.5 Å². The van der Waals surface area contributed by atoms with E-state index in [1.807, 2.05) is 0 Å². The van der Waals surface area contributed by atoms with Crippen molar-refractivity contribution in [3.05, 3.63) is 121 Å². The monoisotopic (exact) mass is 492 g/mol. The molecule has 2 aromatic carbocycles. The Kier molecular flexibility index (Phi) is 13.7. The van der Waals surface area contributed by atoms with Crippen LogP contribution in [0.1, 0.15) is 41.4 Å². The summed E-state index contributed by atoms with van der Waals surface area (Å²) in [5, 5.41) is 0. The molecule has 0 spiro atoms. The third kappa shape index (κ3) is 10.5. The van der Waals surface area contributed by atoms with Gasteiger partial charge in [-0.2, -0.15) is 0 Å². The first-order valence-electron chi connectivity index (χ1n) is 10.7. The van der Waals surface area contributed by atoms with Crippen LogP contribution in [0.3, 0.4) is 0 Å². The number of carbonyl (C=O) groups is 4. The van der Waals surface area contributed by atoms with E-state index in [0.29, 0.717) is 22.3 Å². The highest BCUT2D eigenvalue weighted by Crippen LogP contribution is 2.09. The maximum Gasteiger partial charge on any atom is 0.338 e. The Morgan fingerprint density at radius 3 is 1.06 bits per heavy atom. The fourth-order valence-electron chi connectivity index (χ4n) is 2.39. The lowest BCUT2D eigenvalue weighted by Gasteiger charge is -2.05. The second-order valence-electron chi connectivity index (χ2n) is 6.71. The molecule has 0 aliphatic carbocycles. The fraction of sp³-hybridized carbons (Fsp3) is 0.143. The Morgan fingerprint density at radius 2 is 0.778 bits per heavy atom. The van der Waals surface area contributed by atoms with Gasteiger partial charge in [-0.3, -0.25) is 0 Å². The first-order chi connectivity index (χ1) is 17.4. The van der Waals surface area contributed by atoms with Gasteiger partial charge < -0.3 is 18.9 Å². The largest absolute Gasteiger partial charge is 0.458 e. The van der Waals surface area contributed by atoms with Crippen molar-refractivity contribution in [2.75, 3.05) is 26.4 Å². The van der Waals surface area contributed by atoms with Gasteiger partial charge in [0.1, 0.15) is 26.4 Å². The molecule has 0 aliphatic rings. The van der Waals surface area contributed by atoms with Gasteiger partial charge in [-0.25, -0.2) is 19.2 Å². The second-order valence-corrected chi connectivity index (χ2v) is 6.71. The maximum atomic E-state index is 11.6. The van der Waals surface area contributed by atoms with Gasteiger partial charge >= 0.3 is 23.9 Å². The molecule has 8 nitrogen and oxygen atoms in total. The lowest BCUT2D eigenvalue weighted by molar-refractivity contribution is 0.0535. The van der Waals surface area contributed by atoms with Crippen LogP contribution in [-0.2, 0) is 18.9 Å². The standard InChI is InChI=1S/2C14H14O4/c1-3-9-17-13(15)11-5-7-12(8-6-11)14(16)18-10-4-2;1-3-8-17-13(15)11-6-5-7-12(10-11)14(16)18-9-4-2/h3-8H,1-2,9-10H2;3-7,10H,1-2,8-9H2. The van der Waals surface area contributed by atoms with Crippen LogP contribution in [-0.4, -0.2) is 50.3 Å². The van der Waals surface area contributed by atoms with Gasteiger partial charge in [0.2, 0.25) is 0 Å². The van der Waals surface area contributed by atoms with E-state index in [1.54, 1.807) is 18.2 Å². The number of carbonyl (C=O) groups excluding carboxylic acids is 4. The van der Waals surface area contributed by atoms with Crippen LogP contribution >= 0.6 is 0 Å². The molecule has 0 atom stereocenters. The fourth-order valence-corrected chi connectivity index (χ4v) is 2.39. The molecule has 0 radical (unpaired) electrons. The quantitative estimate of drug-likeness (QED) is 0.238. The highest BCUT2D eigenvalue weighted by atomic mass is 16.5. The highest BCUT2D eigenvalue weighted by Gasteiger charge is 2.12. The smallest absolute Gasteiger partial charge is 0.338 e. The van der Waals surface area contributed by atoms with Gasteiger partial charge in [-0.15, -0.1) is 0 Å². The number of hydrogen-bond acceptors (Lipinski definition) is 8. The number of ether oxygens (including phenoxy) is 4. The van der Waals surface area contributed by atoms with E-state index in [9.17, 15) is 19.2 Å². The summed E-state index contributed by atoms with van der Waals surface area (Å²) in [6.45, 7) is 14.3. The van der Waals surface area contributed by atoms with Crippen LogP contribution in [0.4, 0.5) is 0 Å². The number of esters is 4. The summed E-state index contributed by atoms with van der Waals surface area (Å²) < 4.78 is 19.4. The van der Waals surface area contributed by atoms with E-state index in [1.165, 1.54) is 54.6 Å². The molecule has 0 N–H and O–H groups in total. The SMILES string of the molecule is C=CCOC(=O)c1ccc(C(=O)OCC=C)cc1.C=CCOC(=O)c1cccc(C(=O)OCC=C)c1. The Balaban J connectivity index is 0.000000360. The van der Waals surface area contributed by atoms with Gasteiger partial charge in [-0.1, -0.05) is 56.7 Å². The molecule has 0 heterocycles. The lowest BCUT2D eigenvalue weighted by Crippen LogP contribution is -2.09. The summed E-state index contributed by atoms with van der Waals surface area (Å²) in [6, 6.07) is 12.2. The normalized spacial score (nSPS) is 9.33. The van der Waals surface area contributed by atoms with Crippen molar-refractivity contribution in [1.29, 1.82) is 0 Å². The topological polar surface area (TPSA) is 105 Å². The minimum absolute atomic E-state index is 0.129. The van der Waals surface area contributed by atoms with Crippen molar-refractivity contribution in [3.63, 3.8) is 0 Å². The van der Waals surface area contributed by atoms with Gasteiger partial charge in [0, 0.05) is 0 Å². The van der Waals surface area contributed by atoms with E-state index in [2.05, 4.69) is 26.3 Å². The molecule has 2 rings (SSSR count). The predicted molar refractivity (Wildman–Crippen MR) is 135 cm³/mol. The van der Waals surface area contributed by atoms with Crippen molar-refractivity contribution in [3.8, 4) is 0 Å². The number of rotatable bonds is 12. The minimum atomic E-state index is -0.506. The Bertz CT molecular complexity index is 1000. The molecule has 0 aromatic heterocycles. The van der Waals surface area contributed by atoms with E-state index in [-0.39, 0.29) is 26.4 Å². The van der Waals surface area contributed by atoms with E-state index in [0.717, 1.165) is 0 Å². The minimum Gasteiger partial charge on any atom is -0.458 e. The molecule has 0 bridgehead atoms. The molecule has 0 amide bonds.